The van der Waals surface area contributed by atoms with Gasteiger partial charge in [-0.05, 0) is 54.2 Å². The van der Waals surface area contributed by atoms with E-state index in [2.05, 4.69) is 41.5 Å². The van der Waals surface area contributed by atoms with Gasteiger partial charge in [0.25, 0.3) is 0 Å². The van der Waals surface area contributed by atoms with Crippen molar-refractivity contribution >= 4 is 34.7 Å². The Balaban J connectivity index is 2.30. The van der Waals surface area contributed by atoms with Gasteiger partial charge in [-0.1, -0.05) is 41.5 Å². The van der Waals surface area contributed by atoms with E-state index in [1.165, 1.54) is 4.57 Å². The summed E-state index contributed by atoms with van der Waals surface area (Å²) >= 11 is 1.71. The molecule has 0 atom stereocenters. The zero-order valence-corrected chi connectivity index (χ0v) is 21.3. The third kappa shape index (κ3) is 8.08. The van der Waals surface area contributed by atoms with Gasteiger partial charge in [0, 0.05) is 11.1 Å². The smallest absolute Gasteiger partial charge is 0.419 e. The molecule has 2 rings (SSSR count). The molecule has 0 aliphatic heterocycles. The Morgan fingerprint density at radius 2 is 1.53 bits per heavy atom. The standard InChI is InChI=1S/C25H37NO5S/c1-24(2,3)10-12-30-22(27)21-17-18-16-19(29-14-15-32-7)8-9-20(18)26(21)23(28)31-13-11-25(4,5)6/h8-9,16-17H,10-15H2,1-7H3. The molecular formula is C25H37NO5S. The van der Waals surface area contributed by atoms with Crippen molar-refractivity contribution < 1.29 is 23.8 Å². The summed E-state index contributed by atoms with van der Waals surface area (Å²) in [5.74, 6) is 1.03. The van der Waals surface area contributed by atoms with Crippen LogP contribution in [0, 0.1) is 10.8 Å². The number of thioether (sulfide) groups is 1. The van der Waals surface area contributed by atoms with E-state index in [1.807, 2.05) is 12.3 Å². The second-order valence-electron chi connectivity index (χ2n) is 10.3. The molecule has 0 aliphatic rings. The molecule has 1 aromatic carbocycles. The minimum Gasteiger partial charge on any atom is -0.493 e. The fourth-order valence-electron chi connectivity index (χ4n) is 2.91. The van der Waals surface area contributed by atoms with E-state index in [4.69, 9.17) is 14.2 Å². The van der Waals surface area contributed by atoms with Gasteiger partial charge in [0.15, 0.2) is 0 Å². The molecule has 0 amide bonds. The van der Waals surface area contributed by atoms with Crippen molar-refractivity contribution in [2.24, 2.45) is 10.8 Å². The first-order valence-electron chi connectivity index (χ1n) is 11.0. The molecule has 178 valence electrons. The van der Waals surface area contributed by atoms with Crippen molar-refractivity contribution in [1.29, 1.82) is 0 Å². The van der Waals surface area contributed by atoms with Gasteiger partial charge in [0.1, 0.15) is 11.4 Å². The normalized spacial score (nSPS) is 12.1. The Kier molecular flexibility index (Phi) is 9.08. The van der Waals surface area contributed by atoms with Gasteiger partial charge in [-0.3, -0.25) is 0 Å². The van der Waals surface area contributed by atoms with Crippen molar-refractivity contribution in [3.05, 3.63) is 30.0 Å². The molecular weight excluding hydrogens is 426 g/mol. The van der Waals surface area contributed by atoms with Gasteiger partial charge in [0.2, 0.25) is 0 Å². The third-order valence-electron chi connectivity index (χ3n) is 4.88. The third-order valence-corrected chi connectivity index (χ3v) is 5.46. The fourth-order valence-corrected chi connectivity index (χ4v) is 3.16. The summed E-state index contributed by atoms with van der Waals surface area (Å²) in [5, 5.41) is 0.724. The van der Waals surface area contributed by atoms with Crippen LogP contribution in [0.25, 0.3) is 10.9 Å². The first-order valence-corrected chi connectivity index (χ1v) is 12.4. The van der Waals surface area contributed by atoms with Crippen molar-refractivity contribution in [2.45, 2.75) is 54.4 Å². The lowest BCUT2D eigenvalue weighted by atomic mass is 9.93. The number of carbonyl (C=O) groups is 2. The zero-order chi connectivity index (χ0) is 23.9. The lowest BCUT2D eigenvalue weighted by Gasteiger charge is -2.18. The Bertz CT molecular complexity index is 921. The number of ether oxygens (including phenoxy) is 3. The van der Waals surface area contributed by atoms with Gasteiger partial charge in [-0.2, -0.15) is 11.8 Å². The number of hydrogen-bond donors (Lipinski definition) is 0. The van der Waals surface area contributed by atoms with Crippen LogP contribution in [0.1, 0.15) is 64.9 Å². The van der Waals surface area contributed by atoms with E-state index in [9.17, 15) is 9.59 Å². The van der Waals surface area contributed by atoms with Gasteiger partial charge < -0.3 is 14.2 Å². The minimum absolute atomic E-state index is 0.0385. The molecule has 0 saturated carbocycles. The molecule has 32 heavy (non-hydrogen) atoms. The highest BCUT2D eigenvalue weighted by molar-refractivity contribution is 7.98. The molecule has 6 nitrogen and oxygen atoms in total. The maximum absolute atomic E-state index is 13.0. The fraction of sp³-hybridized carbons (Fsp3) is 0.600. The number of hydrogen-bond acceptors (Lipinski definition) is 6. The summed E-state index contributed by atoms with van der Waals surface area (Å²) < 4.78 is 18.1. The van der Waals surface area contributed by atoms with Crippen LogP contribution < -0.4 is 4.74 Å². The van der Waals surface area contributed by atoms with E-state index in [0.717, 1.165) is 24.0 Å². The van der Waals surface area contributed by atoms with E-state index < -0.39 is 12.1 Å². The molecule has 0 fully saturated rings. The lowest BCUT2D eigenvalue weighted by molar-refractivity contribution is 0.0450. The molecule has 0 unspecified atom stereocenters. The molecule has 7 heteroatoms. The van der Waals surface area contributed by atoms with Crippen LogP contribution in [0.5, 0.6) is 5.75 Å². The molecule has 1 heterocycles. The second kappa shape index (κ2) is 11.1. The van der Waals surface area contributed by atoms with Crippen LogP contribution in [0.3, 0.4) is 0 Å². The quantitative estimate of drug-likeness (QED) is 0.317. The van der Waals surface area contributed by atoms with Crippen molar-refractivity contribution in [2.75, 3.05) is 31.8 Å². The second-order valence-corrected chi connectivity index (χ2v) is 11.3. The maximum atomic E-state index is 13.0. The molecule has 0 spiro atoms. The number of benzene rings is 1. The van der Waals surface area contributed by atoms with E-state index in [1.54, 1.807) is 30.0 Å². The Hall–Kier alpha value is -2.15. The summed E-state index contributed by atoms with van der Waals surface area (Å²) in [6.45, 7) is 13.7. The van der Waals surface area contributed by atoms with E-state index in [0.29, 0.717) is 17.9 Å². The highest BCUT2D eigenvalue weighted by Crippen LogP contribution is 2.27. The Morgan fingerprint density at radius 1 is 0.906 bits per heavy atom. The van der Waals surface area contributed by atoms with Crippen molar-refractivity contribution in [3.63, 3.8) is 0 Å². The lowest BCUT2D eigenvalue weighted by Crippen LogP contribution is -2.22. The van der Waals surface area contributed by atoms with E-state index >= 15 is 0 Å². The van der Waals surface area contributed by atoms with Gasteiger partial charge >= 0.3 is 12.1 Å². The molecule has 0 bridgehead atoms. The number of carbonyl (C=O) groups excluding carboxylic acids is 2. The van der Waals surface area contributed by atoms with Crippen LogP contribution in [0.15, 0.2) is 24.3 Å². The molecule has 0 radical (unpaired) electrons. The van der Waals surface area contributed by atoms with E-state index in [-0.39, 0.29) is 29.7 Å². The SMILES string of the molecule is CSCCOc1ccc2c(c1)cc(C(=O)OCCC(C)(C)C)n2C(=O)OCCC(C)(C)C. The molecule has 0 saturated heterocycles. The van der Waals surface area contributed by atoms with Gasteiger partial charge in [-0.15, -0.1) is 0 Å². The summed E-state index contributed by atoms with van der Waals surface area (Å²) in [6.07, 6.45) is 2.89. The minimum atomic E-state index is -0.580. The average Bonchev–Trinajstić information content (AvgIpc) is 3.05. The number of nitrogens with zero attached hydrogens (tertiary/aromatic N) is 1. The summed E-state index contributed by atoms with van der Waals surface area (Å²) in [5.41, 5.74) is 0.834. The average molecular weight is 464 g/mol. The van der Waals surface area contributed by atoms with Crippen molar-refractivity contribution in [1.82, 2.24) is 4.57 Å². The maximum Gasteiger partial charge on any atom is 0.419 e. The topological polar surface area (TPSA) is 66.8 Å². The predicted octanol–water partition coefficient (Wildman–Crippen LogP) is 6.40. The monoisotopic (exact) mass is 463 g/mol. The molecule has 0 aliphatic carbocycles. The van der Waals surface area contributed by atoms with Gasteiger partial charge in [-0.25, -0.2) is 14.2 Å². The first-order chi connectivity index (χ1) is 14.9. The van der Waals surface area contributed by atoms with Crippen LogP contribution in [-0.4, -0.2) is 48.5 Å². The van der Waals surface area contributed by atoms with Crippen LogP contribution in [0.2, 0.25) is 0 Å². The largest absolute Gasteiger partial charge is 0.493 e. The van der Waals surface area contributed by atoms with Crippen LogP contribution >= 0.6 is 11.8 Å². The van der Waals surface area contributed by atoms with Crippen LogP contribution in [0.4, 0.5) is 4.79 Å². The summed E-state index contributed by atoms with van der Waals surface area (Å²) in [7, 11) is 0. The Labute approximate surface area is 196 Å². The van der Waals surface area contributed by atoms with Crippen molar-refractivity contribution in [3.8, 4) is 5.75 Å². The van der Waals surface area contributed by atoms with Crippen LogP contribution in [-0.2, 0) is 9.47 Å². The molecule has 1 aromatic heterocycles. The molecule has 0 N–H and O–H groups in total. The number of aromatic nitrogens is 1. The molecule has 2 aromatic rings. The van der Waals surface area contributed by atoms with Gasteiger partial charge in [0.05, 0.1) is 25.3 Å². The highest BCUT2D eigenvalue weighted by atomic mass is 32.2. The number of fused-ring (bicyclic) bond motifs is 1. The summed E-state index contributed by atoms with van der Waals surface area (Å²) in [6, 6.07) is 7.08. The summed E-state index contributed by atoms with van der Waals surface area (Å²) in [4.78, 5) is 25.8. The highest BCUT2D eigenvalue weighted by Gasteiger charge is 2.24. The number of esters is 1. The zero-order valence-electron chi connectivity index (χ0n) is 20.4. The number of rotatable bonds is 9. The predicted molar refractivity (Wildman–Crippen MR) is 131 cm³/mol. The first kappa shape index (κ1) is 26.1. The Morgan fingerprint density at radius 3 is 2.12 bits per heavy atom.